The van der Waals surface area contributed by atoms with Crippen molar-refractivity contribution in [1.29, 1.82) is 0 Å². The zero-order valence-electron chi connectivity index (χ0n) is 12.8. The second-order valence-corrected chi connectivity index (χ2v) is 6.20. The Hall–Kier alpha value is -2.73. The van der Waals surface area contributed by atoms with Gasteiger partial charge in [0.2, 0.25) is 0 Å². The molecule has 0 unspecified atom stereocenters. The fourth-order valence-corrected chi connectivity index (χ4v) is 2.69. The van der Waals surface area contributed by atoms with Crippen LogP contribution in [0.15, 0.2) is 63.9 Å². The molecule has 0 bridgehead atoms. The van der Waals surface area contributed by atoms with Crippen LogP contribution in [0, 0.1) is 6.92 Å². The Morgan fingerprint density at radius 2 is 1.92 bits per heavy atom. The fraction of sp³-hybridized carbons (Fsp3) is 0.0556. The van der Waals surface area contributed by atoms with E-state index in [0.29, 0.717) is 22.8 Å². The molecule has 5 nitrogen and oxygen atoms in total. The van der Waals surface area contributed by atoms with Gasteiger partial charge in [-0.1, -0.05) is 34.1 Å². The molecule has 1 aromatic heterocycles. The van der Waals surface area contributed by atoms with Gasteiger partial charge in [-0.15, -0.1) is 0 Å². The number of carbonyl (C=O) groups excluding carboxylic acids is 1. The van der Waals surface area contributed by atoms with Crippen LogP contribution in [0.3, 0.4) is 0 Å². The first kappa shape index (κ1) is 16.1. The van der Waals surface area contributed by atoms with Crippen LogP contribution < -0.4 is 10.9 Å². The maximum atomic E-state index is 12.3. The fourth-order valence-electron chi connectivity index (χ4n) is 2.29. The highest BCUT2D eigenvalue weighted by molar-refractivity contribution is 9.10. The Balaban J connectivity index is 1.88. The summed E-state index contributed by atoms with van der Waals surface area (Å²) in [4.78, 5) is 30.9. The SMILES string of the molecule is Cc1cc(=O)[nH]c(-c2cccc(NC(=O)c3cccc(Br)c3)c2)n1. The maximum absolute atomic E-state index is 12.3. The van der Waals surface area contributed by atoms with Gasteiger partial charge in [0.15, 0.2) is 0 Å². The highest BCUT2D eigenvalue weighted by Gasteiger charge is 2.08. The van der Waals surface area contributed by atoms with Crippen molar-refractivity contribution in [2.45, 2.75) is 6.92 Å². The van der Waals surface area contributed by atoms with Crippen LogP contribution in [0.25, 0.3) is 11.4 Å². The van der Waals surface area contributed by atoms with E-state index < -0.39 is 0 Å². The molecule has 0 fully saturated rings. The molecule has 1 amide bonds. The first-order valence-electron chi connectivity index (χ1n) is 7.26. The summed E-state index contributed by atoms with van der Waals surface area (Å²) in [6, 6.07) is 15.8. The lowest BCUT2D eigenvalue weighted by atomic mass is 10.1. The number of benzene rings is 2. The van der Waals surface area contributed by atoms with E-state index in [2.05, 4.69) is 31.2 Å². The minimum Gasteiger partial charge on any atom is -0.322 e. The number of hydrogen-bond acceptors (Lipinski definition) is 3. The van der Waals surface area contributed by atoms with Gasteiger partial charge in [0.25, 0.3) is 11.5 Å². The van der Waals surface area contributed by atoms with Crippen molar-refractivity contribution in [3.05, 3.63) is 80.7 Å². The van der Waals surface area contributed by atoms with Gasteiger partial charge < -0.3 is 10.3 Å². The average Bonchev–Trinajstić information content (AvgIpc) is 2.54. The van der Waals surface area contributed by atoms with Gasteiger partial charge >= 0.3 is 0 Å². The summed E-state index contributed by atoms with van der Waals surface area (Å²) in [7, 11) is 0. The monoisotopic (exact) mass is 383 g/mol. The molecule has 0 saturated carbocycles. The van der Waals surface area contributed by atoms with Crippen molar-refractivity contribution in [3.8, 4) is 11.4 Å². The molecule has 6 heteroatoms. The number of hydrogen-bond donors (Lipinski definition) is 2. The second kappa shape index (κ2) is 6.80. The number of aryl methyl sites for hydroxylation is 1. The molecule has 0 spiro atoms. The summed E-state index contributed by atoms with van der Waals surface area (Å²) < 4.78 is 0.838. The Morgan fingerprint density at radius 1 is 1.12 bits per heavy atom. The number of anilines is 1. The summed E-state index contributed by atoms with van der Waals surface area (Å²) in [6.45, 7) is 1.76. The summed E-state index contributed by atoms with van der Waals surface area (Å²) in [5.74, 6) is 0.262. The molecule has 120 valence electrons. The molecule has 0 aliphatic rings. The van der Waals surface area contributed by atoms with E-state index in [-0.39, 0.29) is 11.5 Å². The Labute approximate surface area is 146 Å². The van der Waals surface area contributed by atoms with Crippen LogP contribution in [-0.2, 0) is 0 Å². The molecular formula is C18H14BrN3O2. The molecule has 1 heterocycles. The second-order valence-electron chi connectivity index (χ2n) is 5.28. The third kappa shape index (κ3) is 3.78. The predicted octanol–water partition coefficient (Wildman–Crippen LogP) is 3.76. The first-order valence-corrected chi connectivity index (χ1v) is 8.06. The van der Waals surface area contributed by atoms with Gasteiger partial charge in [0.1, 0.15) is 5.82 Å². The molecule has 0 radical (unpaired) electrons. The van der Waals surface area contributed by atoms with Crippen molar-refractivity contribution < 1.29 is 4.79 Å². The molecule has 0 aliphatic carbocycles. The van der Waals surface area contributed by atoms with E-state index in [4.69, 9.17) is 0 Å². The molecule has 0 atom stereocenters. The number of nitrogens with zero attached hydrogens (tertiary/aromatic N) is 1. The van der Waals surface area contributed by atoms with E-state index in [1.165, 1.54) is 6.07 Å². The predicted molar refractivity (Wildman–Crippen MR) is 97.1 cm³/mol. The van der Waals surface area contributed by atoms with Gasteiger partial charge in [-0.3, -0.25) is 9.59 Å². The van der Waals surface area contributed by atoms with Crippen molar-refractivity contribution >= 4 is 27.5 Å². The molecule has 2 N–H and O–H groups in total. The van der Waals surface area contributed by atoms with Crippen LogP contribution in [-0.4, -0.2) is 15.9 Å². The number of amides is 1. The molecule has 3 aromatic rings. The van der Waals surface area contributed by atoms with Crippen LogP contribution >= 0.6 is 15.9 Å². The summed E-state index contributed by atoms with van der Waals surface area (Å²) in [5.41, 5.74) is 2.33. The van der Waals surface area contributed by atoms with Crippen LogP contribution in [0.4, 0.5) is 5.69 Å². The standard InChI is InChI=1S/C18H14BrN3O2/c1-11-8-16(23)22-17(20-11)12-4-3-7-15(10-12)21-18(24)13-5-2-6-14(19)9-13/h2-10H,1H3,(H,21,24)(H,20,22,23). The third-order valence-electron chi connectivity index (χ3n) is 3.35. The minimum atomic E-state index is -0.209. The molecule has 0 aliphatic heterocycles. The molecule has 3 rings (SSSR count). The summed E-state index contributed by atoms with van der Waals surface area (Å²) in [5, 5.41) is 2.85. The van der Waals surface area contributed by atoms with E-state index in [9.17, 15) is 9.59 Å². The maximum Gasteiger partial charge on any atom is 0.255 e. The number of rotatable bonds is 3. The van der Waals surface area contributed by atoms with Gasteiger partial charge in [-0.2, -0.15) is 0 Å². The number of nitrogens with one attached hydrogen (secondary N) is 2. The molecule has 2 aromatic carbocycles. The summed E-state index contributed by atoms with van der Waals surface area (Å²) >= 11 is 3.35. The normalized spacial score (nSPS) is 10.4. The number of halogens is 1. The smallest absolute Gasteiger partial charge is 0.255 e. The largest absolute Gasteiger partial charge is 0.322 e. The Morgan fingerprint density at radius 3 is 2.67 bits per heavy atom. The minimum absolute atomic E-state index is 0.207. The Kier molecular flexibility index (Phi) is 4.57. The van der Waals surface area contributed by atoms with E-state index in [1.807, 2.05) is 12.1 Å². The van der Waals surface area contributed by atoms with Crippen molar-refractivity contribution in [3.63, 3.8) is 0 Å². The van der Waals surface area contributed by atoms with E-state index >= 15 is 0 Å². The lowest BCUT2D eigenvalue weighted by Crippen LogP contribution is -2.12. The number of aromatic nitrogens is 2. The summed E-state index contributed by atoms with van der Waals surface area (Å²) in [6.07, 6.45) is 0. The lowest BCUT2D eigenvalue weighted by molar-refractivity contribution is 0.102. The molecule has 0 saturated heterocycles. The van der Waals surface area contributed by atoms with Gasteiger partial charge in [0.05, 0.1) is 0 Å². The van der Waals surface area contributed by atoms with Crippen molar-refractivity contribution in [1.82, 2.24) is 9.97 Å². The molecule has 24 heavy (non-hydrogen) atoms. The van der Waals surface area contributed by atoms with Gasteiger partial charge in [-0.25, -0.2) is 4.98 Å². The average molecular weight is 384 g/mol. The number of aromatic amines is 1. The van der Waals surface area contributed by atoms with Crippen molar-refractivity contribution in [2.75, 3.05) is 5.32 Å². The van der Waals surface area contributed by atoms with Gasteiger partial charge in [0, 0.05) is 33.0 Å². The van der Waals surface area contributed by atoms with Crippen molar-refractivity contribution in [2.24, 2.45) is 0 Å². The van der Waals surface area contributed by atoms with E-state index in [1.54, 1.807) is 43.3 Å². The van der Waals surface area contributed by atoms with Crippen LogP contribution in [0.1, 0.15) is 16.1 Å². The van der Waals surface area contributed by atoms with E-state index in [0.717, 1.165) is 10.0 Å². The zero-order chi connectivity index (χ0) is 17.1. The first-order chi connectivity index (χ1) is 11.5. The zero-order valence-corrected chi connectivity index (χ0v) is 14.4. The van der Waals surface area contributed by atoms with Crippen LogP contribution in [0.2, 0.25) is 0 Å². The Bertz CT molecular complexity index is 966. The number of H-pyrrole nitrogens is 1. The van der Waals surface area contributed by atoms with Gasteiger partial charge in [-0.05, 0) is 37.3 Å². The number of carbonyl (C=O) groups is 1. The quantitative estimate of drug-likeness (QED) is 0.722. The van der Waals surface area contributed by atoms with Crippen LogP contribution in [0.5, 0.6) is 0 Å². The highest BCUT2D eigenvalue weighted by atomic mass is 79.9. The lowest BCUT2D eigenvalue weighted by Gasteiger charge is -2.08. The topological polar surface area (TPSA) is 74.8 Å². The molecular weight excluding hydrogens is 370 g/mol. The third-order valence-corrected chi connectivity index (χ3v) is 3.84. The highest BCUT2D eigenvalue weighted by Crippen LogP contribution is 2.20.